The van der Waals surface area contributed by atoms with Crippen molar-refractivity contribution in [1.29, 1.82) is 0 Å². The molecule has 0 bridgehead atoms. The number of para-hydroxylation sites is 1. The van der Waals surface area contributed by atoms with Crippen molar-refractivity contribution in [2.75, 3.05) is 11.9 Å². The van der Waals surface area contributed by atoms with Crippen LogP contribution in [0.4, 0.5) is 5.69 Å². The molecule has 0 aliphatic rings. The molecule has 0 N–H and O–H groups in total. The maximum atomic E-state index is 12.5. The number of ether oxygens (including phenoxy) is 1. The summed E-state index contributed by atoms with van der Waals surface area (Å²) in [5.74, 6) is -0.675. The highest BCUT2D eigenvalue weighted by Crippen LogP contribution is 2.20. The standard InChI is InChI=1S/C22H21NO3/c1-16(22(25)23(2)19-12-4-3-5-13-19)26-21(24)15-18-11-8-10-17-9-6-7-14-20(17)18/h3-14,16H,15H2,1-2H3/t16-/m1/s1. The normalized spacial score (nSPS) is 11.8. The summed E-state index contributed by atoms with van der Waals surface area (Å²) >= 11 is 0. The minimum atomic E-state index is -0.845. The van der Waals surface area contributed by atoms with Gasteiger partial charge in [0.1, 0.15) is 0 Å². The van der Waals surface area contributed by atoms with Crippen molar-refractivity contribution in [3.8, 4) is 0 Å². The van der Waals surface area contributed by atoms with Gasteiger partial charge in [-0.1, -0.05) is 60.7 Å². The van der Waals surface area contributed by atoms with Gasteiger partial charge < -0.3 is 9.64 Å². The van der Waals surface area contributed by atoms with Crippen molar-refractivity contribution in [2.24, 2.45) is 0 Å². The average molecular weight is 347 g/mol. The van der Waals surface area contributed by atoms with Crippen LogP contribution in [0.2, 0.25) is 0 Å². The first kappa shape index (κ1) is 17.7. The zero-order chi connectivity index (χ0) is 18.5. The lowest BCUT2D eigenvalue weighted by Crippen LogP contribution is -2.37. The highest BCUT2D eigenvalue weighted by molar-refractivity contribution is 5.97. The van der Waals surface area contributed by atoms with Crippen LogP contribution in [0.25, 0.3) is 10.8 Å². The Morgan fingerprint density at radius 3 is 2.35 bits per heavy atom. The number of hydrogen-bond donors (Lipinski definition) is 0. The summed E-state index contributed by atoms with van der Waals surface area (Å²) in [6.45, 7) is 1.60. The predicted octanol–water partition coefficient (Wildman–Crippen LogP) is 3.98. The van der Waals surface area contributed by atoms with Crippen LogP contribution < -0.4 is 4.90 Å². The van der Waals surface area contributed by atoms with Crippen LogP contribution in [-0.2, 0) is 20.7 Å². The van der Waals surface area contributed by atoms with Crippen LogP contribution in [-0.4, -0.2) is 25.0 Å². The van der Waals surface area contributed by atoms with E-state index in [-0.39, 0.29) is 12.3 Å². The van der Waals surface area contributed by atoms with Gasteiger partial charge in [0, 0.05) is 12.7 Å². The van der Waals surface area contributed by atoms with Crippen LogP contribution >= 0.6 is 0 Å². The molecule has 3 aromatic carbocycles. The molecule has 0 spiro atoms. The molecule has 0 unspecified atom stereocenters. The fourth-order valence-electron chi connectivity index (χ4n) is 2.94. The van der Waals surface area contributed by atoms with Gasteiger partial charge in [-0.2, -0.15) is 0 Å². The monoisotopic (exact) mass is 347 g/mol. The van der Waals surface area contributed by atoms with Gasteiger partial charge >= 0.3 is 5.97 Å². The molecule has 4 nitrogen and oxygen atoms in total. The van der Waals surface area contributed by atoms with E-state index in [4.69, 9.17) is 4.74 Å². The second-order valence-corrected chi connectivity index (χ2v) is 6.18. The zero-order valence-electron chi connectivity index (χ0n) is 14.9. The average Bonchev–Trinajstić information content (AvgIpc) is 2.67. The fourth-order valence-corrected chi connectivity index (χ4v) is 2.94. The number of likely N-dealkylation sites (N-methyl/N-ethyl adjacent to an activating group) is 1. The van der Waals surface area contributed by atoms with Crippen molar-refractivity contribution >= 4 is 28.3 Å². The number of rotatable bonds is 5. The van der Waals surface area contributed by atoms with E-state index in [0.29, 0.717) is 0 Å². The molecule has 0 radical (unpaired) electrons. The van der Waals surface area contributed by atoms with Gasteiger partial charge in [0.15, 0.2) is 6.10 Å². The number of hydrogen-bond acceptors (Lipinski definition) is 3. The van der Waals surface area contributed by atoms with Gasteiger partial charge in [0.05, 0.1) is 6.42 Å². The number of nitrogens with zero attached hydrogens (tertiary/aromatic N) is 1. The van der Waals surface area contributed by atoms with E-state index < -0.39 is 12.1 Å². The smallest absolute Gasteiger partial charge is 0.311 e. The van der Waals surface area contributed by atoms with E-state index in [2.05, 4.69) is 0 Å². The third-order valence-corrected chi connectivity index (χ3v) is 4.34. The first-order valence-corrected chi connectivity index (χ1v) is 8.55. The topological polar surface area (TPSA) is 46.6 Å². The summed E-state index contributed by atoms with van der Waals surface area (Å²) in [4.78, 5) is 26.3. The number of amides is 1. The summed E-state index contributed by atoms with van der Waals surface area (Å²) in [6.07, 6.45) is -0.712. The van der Waals surface area contributed by atoms with Crippen molar-refractivity contribution in [1.82, 2.24) is 0 Å². The lowest BCUT2D eigenvalue weighted by molar-refractivity contribution is -0.153. The Hall–Kier alpha value is -3.14. The van der Waals surface area contributed by atoms with E-state index in [0.717, 1.165) is 22.0 Å². The Morgan fingerprint density at radius 1 is 0.923 bits per heavy atom. The maximum absolute atomic E-state index is 12.5. The Bertz CT molecular complexity index is 916. The van der Waals surface area contributed by atoms with Gasteiger partial charge in [-0.25, -0.2) is 0 Å². The molecule has 0 saturated heterocycles. The summed E-state index contributed by atoms with van der Waals surface area (Å²) in [5, 5.41) is 2.10. The number of carbonyl (C=O) groups is 2. The molecule has 0 aliphatic heterocycles. The molecule has 132 valence electrons. The second-order valence-electron chi connectivity index (χ2n) is 6.18. The molecule has 4 heteroatoms. The fraction of sp³-hybridized carbons (Fsp3) is 0.182. The lowest BCUT2D eigenvalue weighted by atomic mass is 10.0. The quantitative estimate of drug-likeness (QED) is 0.656. The molecule has 1 atom stereocenters. The molecule has 1 amide bonds. The number of fused-ring (bicyclic) bond motifs is 1. The first-order valence-electron chi connectivity index (χ1n) is 8.55. The number of esters is 1. The summed E-state index contributed by atoms with van der Waals surface area (Å²) in [5.41, 5.74) is 1.65. The molecular weight excluding hydrogens is 326 g/mol. The Kier molecular flexibility index (Phi) is 5.32. The summed E-state index contributed by atoms with van der Waals surface area (Å²) in [7, 11) is 1.67. The zero-order valence-corrected chi connectivity index (χ0v) is 14.9. The van der Waals surface area contributed by atoms with E-state index in [1.807, 2.05) is 72.8 Å². The maximum Gasteiger partial charge on any atom is 0.311 e. The largest absolute Gasteiger partial charge is 0.452 e. The minimum Gasteiger partial charge on any atom is -0.452 e. The van der Waals surface area contributed by atoms with E-state index >= 15 is 0 Å². The van der Waals surface area contributed by atoms with Crippen LogP contribution in [0, 0.1) is 0 Å². The van der Waals surface area contributed by atoms with Gasteiger partial charge in [-0.15, -0.1) is 0 Å². The van der Waals surface area contributed by atoms with E-state index in [9.17, 15) is 9.59 Å². The summed E-state index contributed by atoms with van der Waals surface area (Å²) < 4.78 is 5.38. The predicted molar refractivity (Wildman–Crippen MR) is 103 cm³/mol. The number of carbonyl (C=O) groups excluding carboxylic acids is 2. The van der Waals surface area contributed by atoms with Gasteiger partial charge in [-0.3, -0.25) is 9.59 Å². The van der Waals surface area contributed by atoms with Gasteiger partial charge in [0.25, 0.3) is 5.91 Å². The highest BCUT2D eigenvalue weighted by Gasteiger charge is 2.22. The van der Waals surface area contributed by atoms with Crippen molar-refractivity contribution in [3.05, 3.63) is 78.4 Å². The van der Waals surface area contributed by atoms with Crippen molar-refractivity contribution in [3.63, 3.8) is 0 Å². The van der Waals surface area contributed by atoms with Crippen LogP contribution in [0.5, 0.6) is 0 Å². The molecule has 0 aliphatic carbocycles. The molecule has 3 aromatic rings. The van der Waals surface area contributed by atoms with Crippen LogP contribution in [0.15, 0.2) is 72.8 Å². The second kappa shape index (κ2) is 7.83. The van der Waals surface area contributed by atoms with Gasteiger partial charge in [0.2, 0.25) is 0 Å². The third-order valence-electron chi connectivity index (χ3n) is 4.34. The Labute approximate surface area is 153 Å². The third kappa shape index (κ3) is 3.91. The molecule has 0 heterocycles. The molecule has 0 aromatic heterocycles. The van der Waals surface area contributed by atoms with E-state index in [1.165, 1.54) is 4.90 Å². The van der Waals surface area contributed by atoms with Crippen LogP contribution in [0.1, 0.15) is 12.5 Å². The number of benzene rings is 3. The lowest BCUT2D eigenvalue weighted by Gasteiger charge is -2.21. The molecule has 3 rings (SSSR count). The van der Waals surface area contributed by atoms with E-state index in [1.54, 1.807) is 14.0 Å². The SMILES string of the molecule is C[C@@H](OC(=O)Cc1cccc2ccccc12)C(=O)N(C)c1ccccc1. The minimum absolute atomic E-state index is 0.133. The molecule has 0 saturated carbocycles. The molecule has 26 heavy (non-hydrogen) atoms. The molecular formula is C22H21NO3. The van der Waals surface area contributed by atoms with Crippen LogP contribution in [0.3, 0.4) is 0 Å². The van der Waals surface area contributed by atoms with Gasteiger partial charge in [-0.05, 0) is 35.4 Å². The Balaban J connectivity index is 1.66. The summed E-state index contributed by atoms with van der Waals surface area (Å²) in [6, 6.07) is 23.0. The highest BCUT2D eigenvalue weighted by atomic mass is 16.5. The van der Waals surface area contributed by atoms with Crippen molar-refractivity contribution < 1.29 is 14.3 Å². The van der Waals surface area contributed by atoms with Crippen molar-refractivity contribution in [2.45, 2.75) is 19.4 Å². The number of anilines is 1. The molecule has 0 fully saturated rings. The first-order chi connectivity index (χ1) is 12.6. The Morgan fingerprint density at radius 2 is 1.58 bits per heavy atom.